The summed E-state index contributed by atoms with van der Waals surface area (Å²) in [6.07, 6.45) is 1.23. The zero-order valence-electron chi connectivity index (χ0n) is 14.9. The number of nitrogens with two attached hydrogens (primary N) is 1. The minimum atomic E-state index is -3.62. The summed E-state index contributed by atoms with van der Waals surface area (Å²) in [5, 5.41) is 2.83. The lowest BCUT2D eigenvalue weighted by molar-refractivity contribution is -0.121. The molecule has 0 aliphatic carbocycles. The van der Waals surface area contributed by atoms with E-state index in [0.29, 0.717) is 30.6 Å². The number of thiophene rings is 1. The summed E-state index contributed by atoms with van der Waals surface area (Å²) in [6, 6.07) is 10.2. The first-order chi connectivity index (χ1) is 13.3. The van der Waals surface area contributed by atoms with Gasteiger partial charge in [0.25, 0.3) is 10.0 Å². The van der Waals surface area contributed by atoms with E-state index in [-0.39, 0.29) is 23.1 Å². The Hall–Kier alpha value is -1.75. The van der Waals surface area contributed by atoms with Crippen LogP contribution < -0.4 is 11.1 Å². The monoisotopic (exact) mass is 485 g/mol. The van der Waals surface area contributed by atoms with Gasteiger partial charge >= 0.3 is 0 Å². The normalized spacial score (nSPS) is 18.0. The SMILES string of the molecule is NC(=O)Cc1ccccc1NC(=O)C1CCCN(S(=O)(=O)c2ccc(Br)s2)C1. The number of hydrogen-bond acceptors (Lipinski definition) is 5. The third-order valence-corrected chi connectivity index (χ3v) is 8.49. The lowest BCUT2D eigenvalue weighted by atomic mass is 9.98. The maximum atomic E-state index is 12.8. The number of carbonyl (C=O) groups excluding carboxylic acids is 2. The zero-order chi connectivity index (χ0) is 20.3. The molecule has 150 valence electrons. The second-order valence-corrected chi connectivity index (χ2v) is 11.2. The Labute approximate surface area is 176 Å². The molecule has 0 radical (unpaired) electrons. The van der Waals surface area contributed by atoms with Crippen molar-refractivity contribution in [2.45, 2.75) is 23.5 Å². The van der Waals surface area contributed by atoms with Crippen molar-refractivity contribution in [1.29, 1.82) is 0 Å². The molecule has 1 aromatic heterocycles. The van der Waals surface area contributed by atoms with Gasteiger partial charge in [0.05, 0.1) is 16.1 Å². The van der Waals surface area contributed by atoms with Gasteiger partial charge in [-0.1, -0.05) is 18.2 Å². The molecule has 1 saturated heterocycles. The predicted octanol–water partition coefficient (Wildman–Crippen LogP) is 2.58. The quantitative estimate of drug-likeness (QED) is 0.654. The maximum absolute atomic E-state index is 12.8. The van der Waals surface area contributed by atoms with Gasteiger partial charge in [0.2, 0.25) is 11.8 Å². The maximum Gasteiger partial charge on any atom is 0.252 e. The van der Waals surface area contributed by atoms with Crippen molar-refractivity contribution >= 4 is 54.8 Å². The van der Waals surface area contributed by atoms with Gasteiger partial charge in [-0.3, -0.25) is 9.59 Å². The molecule has 0 spiro atoms. The summed E-state index contributed by atoms with van der Waals surface area (Å²) in [5.41, 5.74) is 6.42. The summed E-state index contributed by atoms with van der Waals surface area (Å²) < 4.78 is 28.0. The van der Waals surface area contributed by atoms with Crippen LogP contribution in [0.1, 0.15) is 18.4 Å². The molecule has 0 bridgehead atoms. The van der Waals surface area contributed by atoms with Gasteiger partial charge in [-0.2, -0.15) is 4.31 Å². The highest BCUT2D eigenvalue weighted by molar-refractivity contribution is 9.11. The van der Waals surface area contributed by atoms with Gasteiger partial charge in [0, 0.05) is 18.8 Å². The zero-order valence-corrected chi connectivity index (χ0v) is 18.1. The molecular formula is C18H20BrN3O4S2. The molecule has 1 aliphatic rings. The number of carbonyl (C=O) groups is 2. The Balaban J connectivity index is 1.73. The molecule has 1 atom stereocenters. The number of amides is 2. The largest absolute Gasteiger partial charge is 0.369 e. The molecular weight excluding hydrogens is 466 g/mol. The second-order valence-electron chi connectivity index (χ2n) is 6.55. The smallest absolute Gasteiger partial charge is 0.252 e. The van der Waals surface area contributed by atoms with Crippen LogP contribution in [0.25, 0.3) is 0 Å². The molecule has 2 amide bonds. The van der Waals surface area contributed by atoms with Crippen LogP contribution in [0.3, 0.4) is 0 Å². The van der Waals surface area contributed by atoms with Crippen molar-refractivity contribution in [3.8, 4) is 0 Å². The average Bonchev–Trinajstić information content (AvgIpc) is 3.10. The third kappa shape index (κ3) is 4.80. The van der Waals surface area contributed by atoms with Crippen LogP contribution in [0.2, 0.25) is 0 Å². The number of benzene rings is 1. The standard InChI is InChI=1S/C18H20BrN3O4S2/c19-15-7-8-17(27-15)28(25,26)22-9-3-5-13(11-22)18(24)21-14-6-2-1-4-12(14)10-16(20)23/h1-2,4,6-8,13H,3,5,9-11H2,(H2,20,23)(H,21,24). The fourth-order valence-corrected chi connectivity index (χ4v) is 6.85. The van der Waals surface area contributed by atoms with Crippen LogP contribution in [0.4, 0.5) is 5.69 Å². The highest BCUT2D eigenvalue weighted by Crippen LogP contribution is 2.31. The minimum absolute atomic E-state index is 0.0227. The number of anilines is 1. The molecule has 28 heavy (non-hydrogen) atoms. The lowest BCUT2D eigenvalue weighted by Crippen LogP contribution is -2.43. The lowest BCUT2D eigenvalue weighted by Gasteiger charge is -2.31. The fraction of sp³-hybridized carbons (Fsp3) is 0.333. The van der Waals surface area contributed by atoms with Crippen molar-refractivity contribution < 1.29 is 18.0 Å². The Bertz CT molecular complexity index is 990. The van der Waals surface area contributed by atoms with E-state index in [4.69, 9.17) is 5.73 Å². The van der Waals surface area contributed by atoms with E-state index in [2.05, 4.69) is 21.2 Å². The highest BCUT2D eigenvalue weighted by atomic mass is 79.9. The van der Waals surface area contributed by atoms with Gasteiger partial charge in [-0.15, -0.1) is 11.3 Å². The van der Waals surface area contributed by atoms with Crippen molar-refractivity contribution in [1.82, 2.24) is 4.31 Å². The van der Waals surface area contributed by atoms with Crippen LogP contribution in [0.15, 0.2) is 44.4 Å². The third-order valence-electron chi connectivity index (χ3n) is 4.54. The molecule has 1 fully saturated rings. The van der Waals surface area contributed by atoms with Crippen LogP contribution >= 0.6 is 27.3 Å². The molecule has 10 heteroatoms. The van der Waals surface area contributed by atoms with E-state index < -0.39 is 21.8 Å². The van der Waals surface area contributed by atoms with Crippen LogP contribution in [0, 0.1) is 5.92 Å². The summed E-state index contributed by atoms with van der Waals surface area (Å²) in [5.74, 6) is -1.21. The van der Waals surface area contributed by atoms with Gasteiger partial charge < -0.3 is 11.1 Å². The number of primary amides is 1. The van der Waals surface area contributed by atoms with Gasteiger partial charge in [-0.25, -0.2) is 8.42 Å². The molecule has 3 N–H and O–H groups in total. The molecule has 0 saturated carbocycles. The number of para-hydroxylation sites is 1. The van der Waals surface area contributed by atoms with Crippen LogP contribution in [0.5, 0.6) is 0 Å². The van der Waals surface area contributed by atoms with Gasteiger partial charge in [0.15, 0.2) is 0 Å². The average molecular weight is 486 g/mol. The summed E-state index contributed by atoms with van der Waals surface area (Å²) in [7, 11) is -3.62. The van der Waals surface area contributed by atoms with Crippen molar-refractivity contribution in [3.63, 3.8) is 0 Å². The summed E-state index contributed by atoms with van der Waals surface area (Å²) in [4.78, 5) is 24.0. The number of halogens is 1. The molecule has 2 heterocycles. The van der Waals surface area contributed by atoms with E-state index in [1.165, 1.54) is 4.31 Å². The van der Waals surface area contributed by atoms with Crippen molar-refractivity contribution in [2.24, 2.45) is 11.7 Å². The highest BCUT2D eigenvalue weighted by Gasteiger charge is 2.34. The van der Waals surface area contributed by atoms with Crippen molar-refractivity contribution in [3.05, 3.63) is 45.7 Å². The molecule has 1 aliphatic heterocycles. The molecule has 1 aromatic carbocycles. The van der Waals surface area contributed by atoms with Crippen LogP contribution in [-0.2, 0) is 26.0 Å². The van der Waals surface area contributed by atoms with E-state index >= 15 is 0 Å². The van der Waals surface area contributed by atoms with E-state index in [1.807, 2.05) is 0 Å². The van der Waals surface area contributed by atoms with Gasteiger partial charge in [0.1, 0.15) is 4.21 Å². The Morgan fingerprint density at radius 1 is 1.25 bits per heavy atom. The number of nitrogens with zero attached hydrogens (tertiary/aromatic N) is 1. The first kappa shape index (κ1) is 21.0. The second kappa shape index (κ2) is 8.73. The molecule has 1 unspecified atom stereocenters. The molecule has 2 aromatic rings. The Morgan fingerprint density at radius 2 is 2.00 bits per heavy atom. The number of nitrogens with one attached hydrogen (secondary N) is 1. The summed E-state index contributed by atoms with van der Waals surface area (Å²) >= 11 is 4.43. The van der Waals surface area contributed by atoms with Crippen molar-refractivity contribution in [2.75, 3.05) is 18.4 Å². The fourth-order valence-electron chi connectivity index (χ4n) is 3.16. The first-order valence-corrected chi connectivity index (χ1v) is 11.7. The van der Waals surface area contributed by atoms with Crippen LogP contribution in [-0.4, -0.2) is 37.6 Å². The summed E-state index contributed by atoms with van der Waals surface area (Å²) in [6.45, 7) is 0.515. The molecule has 3 rings (SSSR count). The van der Waals surface area contributed by atoms with E-state index in [1.54, 1.807) is 36.4 Å². The van der Waals surface area contributed by atoms with E-state index in [9.17, 15) is 18.0 Å². The minimum Gasteiger partial charge on any atom is -0.369 e. The predicted molar refractivity (Wildman–Crippen MR) is 111 cm³/mol. The number of rotatable bonds is 6. The first-order valence-electron chi connectivity index (χ1n) is 8.70. The number of hydrogen-bond donors (Lipinski definition) is 2. The topological polar surface area (TPSA) is 110 Å². The number of piperidine rings is 1. The van der Waals surface area contributed by atoms with Gasteiger partial charge in [-0.05, 0) is 52.5 Å². The number of sulfonamides is 1. The molecule has 7 nitrogen and oxygen atoms in total. The Kier molecular flexibility index (Phi) is 6.54. The Morgan fingerprint density at radius 3 is 2.68 bits per heavy atom. The van der Waals surface area contributed by atoms with E-state index in [0.717, 1.165) is 15.1 Å².